The Hall–Kier alpha value is -2.49. The maximum absolute atomic E-state index is 12.7. The van der Waals surface area contributed by atoms with Crippen molar-refractivity contribution in [3.8, 4) is 0 Å². The Kier molecular flexibility index (Phi) is 8.60. The molecule has 3 rings (SSSR count). The molecule has 2 atom stereocenters. The number of nitrogens with zero attached hydrogens (tertiary/aromatic N) is 1. The molecular formula is C28H40N2O2. The van der Waals surface area contributed by atoms with E-state index in [4.69, 9.17) is 4.74 Å². The zero-order valence-electron chi connectivity index (χ0n) is 20.5. The zero-order valence-corrected chi connectivity index (χ0v) is 20.5. The number of fused-ring (bicyclic) bond motifs is 1. The number of nitrogens with one attached hydrogen (secondary N) is 1. The van der Waals surface area contributed by atoms with E-state index in [2.05, 4.69) is 68.2 Å². The summed E-state index contributed by atoms with van der Waals surface area (Å²) in [6.45, 7) is 13.0. The largest absolute Gasteiger partial charge is 0.441 e. The molecule has 0 spiro atoms. The first-order valence-corrected chi connectivity index (χ1v) is 12.4. The molecule has 32 heavy (non-hydrogen) atoms. The first-order valence-electron chi connectivity index (χ1n) is 12.4. The summed E-state index contributed by atoms with van der Waals surface area (Å²) < 4.78 is 5.90. The number of rotatable bonds is 9. The molecular weight excluding hydrogens is 396 g/mol. The van der Waals surface area contributed by atoms with Crippen molar-refractivity contribution >= 4 is 17.5 Å². The number of amides is 1. The van der Waals surface area contributed by atoms with Crippen molar-refractivity contribution in [3.05, 3.63) is 58.7 Å². The highest BCUT2D eigenvalue weighted by Crippen LogP contribution is 2.35. The second-order valence-corrected chi connectivity index (χ2v) is 9.16. The fraction of sp³-hybridized carbons (Fsp3) is 0.536. The number of hydrogen-bond acceptors (Lipinski definition) is 3. The minimum absolute atomic E-state index is 0.172. The Morgan fingerprint density at radius 3 is 2.53 bits per heavy atom. The van der Waals surface area contributed by atoms with Gasteiger partial charge in [-0.2, -0.15) is 0 Å². The van der Waals surface area contributed by atoms with Gasteiger partial charge in [-0.05, 0) is 91.8 Å². The second kappa shape index (κ2) is 11.4. The van der Waals surface area contributed by atoms with E-state index in [1.54, 1.807) is 0 Å². The molecule has 1 amide bonds. The molecule has 2 aromatic carbocycles. The van der Waals surface area contributed by atoms with Crippen molar-refractivity contribution in [2.75, 3.05) is 23.3 Å². The van der Waals surface area contributed by atoms with Crippen LogP contribution in [0.25, 0.3) is 0 Å². The topological polar surface area (TPSA) is 41.6 Å². The predicted molar refractivity (Wildman–Crippen MR) is 135 cm³/mol. The quantitative estimate of drug-likeness (QED) is 0.437. The van der Waals surface area contributed by atoms with Gasteiger partial charge in [0.25, 0.3) is 0 Å². The van der Waals surface area contributed by atoms with Crippen LogP contribution in [-0.4, -0.2) is 19.2 Å². The molecule has 174 valence electrons. The molecule has 0 saturated heterocycles. The van der Waals surface area contributed by atoms with Crippen molar-refractivity contribution in [1.82, 2.24) is 0 Å². The highest BCUT2D eigenvalue weighted by molar-refractivity contribution is 5.86. The Morgan fingerprint density at radius 2 is 1.88 bits per heavy atom. The smallest absolute Gasteiger partial charge is 0.412 e. The lowest BCUT2D eigenvalue weighted by atomic mass is 9.86. The van der Waals surface area contributed by atoms with Gasteiger partial charge in [-0.15, -0.1) is 0 Å². The van der Waals surface area contributed by atoms with Gasteiger partial charge in [-0.3, -0.25) is 5.32 Å². The summed E-state index contributed by atoms with van der Waals surface area (Å²) in [4.78, 5) is 15.1. The van der Waals surface area contributed by atoms with Crippen LogP contribution >= 0.6 is 0 Å². The van der Waals surface area contributed by atoms with Crippen LogP contribution < -0.4 is 10.2 Å². The molecule has 2 unspecified atom stereocenters. The van der Waals surface area contributed by atoms with E-state index in [-0.39, 0.29) is 12.2 Å². The Balaban J connectivity index is 1.68. The molecule has 4 nitrogen and oxygen atoms in total. The lowest BCUT2D eigenvalue weighted by Gasteiger charge is -2.27. The molecule has 0 radical (unpaired) electrons. The van der Waals surface area contributed by atoms with Crippen molar-refractivity contribution in [3.63, 3.8) is 0 Å². The molecule has 1 aliphatic rings. The lowest BCUT2D eigenvalue weighted by Crippen LogP contribution is -2.25. The van der Waals surface area contributed by atoms with Crippen LogP contribution in [0.3, 0.4) is 0 Å². The highest BCUT2D eigenvalue weighted by Gasteiger charge is 2.24. The predicted octanol–water partition coefficient (Wildman–Crippen LogP) is 7.76. The van der Waals surface area contributed by atoms with Crippen molar-refractivity contribution < 1.29 is 9.53 Å². The molecule has 0 bridgehead atoms. The maximum Gasteiger partial charge on any atom is 0.412 e. The number of carbonyl (C=O) groups excluding carboxylic acids is 1. The molecule has 0 aliphatic heterocycles. The third-order valence-corrected chi connectivity index (χ3v) is 6.66. The SMILES string of the molecule is CCCN(CCC)c1ccc(NC(=O)OC2CCCc3cc(C(C)CC)ccc32)c(C)c1. The molecule has 0 aromatic heterocycles. The van der Waals surface area contributed by atoms with Crippen LogP contribution in [0.1, 0.15) is 94.1 Å². The highest BCUT2D eigenvalue weighted by atomic mass is 16.6. The molecule has 1 N–H and O–H groups in total. The minimum Gasteiger partial charge on any atom is -0.441 e. The van der Waals surface area contributed by atoms with Crippen molar-refractivity contribution in [2.24, 2.45) is 0 Å². The van der Waals surface area contributed by atoms with Gasteiger partial charge in [0.2, 0.25) is 0 Å². The second-order valence-electron chi connectivity index (χ2n) is 9.16. The maximum atomic E-state index is 12.7. The monoisotopic (exact) mass is 436 g/mol. The number of aryl methyl sites for hydroxylation is 2. The lowest BCUT2D eigenvalue weighted by molar-refractivity contribution is 0.0999. The van der Waals surface area contributed by atoms with Gasteiger partial charge >= 0.3 is 6.09 Å². The molecule has 4 heteroatoms. The van der Waals surface area contributed by atoms with Crippen LogP contribution in [0.5, 0.6) is 0 Å². The van der Waals surface area contributed by atoms with Gasteiger partial charge in [-0.1, -0.05) is 45.9 Å². The van der Waals surface area contributed by atoms with Crippen LogP contribution in [0.15, 0.2) is 36.4 Å². The summed E-state index contributed by atoms with van der Waals surface area (Å²) in [7, 11) is 0. The molecule has 2 aromatic rings. The van der Waals surface area contributed by atoms with E-state index >= 15 is 0 Å². The van der Waals surface area contributed by atoms with Gasteiger partial charge in [-0.25, -0.2) is 4.79 Å². The fourth-order valence-electron chi connectivity index (χ4n) is 4.62. The van der Waals surface area contributed by atoms with E-state index in [1.165, 1.54) is 22.4 Å². The van der Waals surface area contributed by atoms with Crippen LogP contribution in [0, 0.1) is 6.92 Å². The van der Waals surface area contributed by atoms with E-state index in [9.17, 15) is 4.79 Å². The van der Waals surface area contributed by atoms with Crippen LogP contribution in [-0.2, 0) is 11.2 Å². The number of hydrogen-bond donors (Lipinski definition) is 1. The number of anilines is 2. The molecule has 0 heterocycles. The van der Waals surface area contributed by atoms with Gasteiger partial charge in [0, 0.05) is 24.5 Å². The summed E-state index contributed by atoms with van der Waals surface area (Å²) in [6.07, 6.45) is 5.82. The van der Waals surface area contributed by atoms with Crippen LogP contribution in [0.2, 0.25) is 0 Å². The van der Waals surface area contributed by atoms with E-state index in [0.717, 1.165) is 62.9 Å². The summed E-state index contributed by atoms with van der Waals surface area (Å²) in [6, 6.07) is 12.9. The van der Waals surface area contributed by atoms with Crippen molar-refractivity contribution in [2.45, 2.75) is 85.2 Å². The zero-order chi connectivity index (χ0) is 23.1. The number of ether oxygens (including phenoxy) is 1. The number of benzene rings is 2. The average molecular weight is 437 g/mol. The van der Waals surface area contributed by atoms with Gasteiger partial charge < -0.3 is 9.64 Å². The number of carbonyl (C=O) groups is 1. The van der Waals surface area contributed by atoms with Gasteiger partial charge in [0.05, 0.1) is 0 Å². The Bertz CT molecular complexity index is 902. The molecule has 0 saturated carbocycles. The normalized spacial score (nSPS) is 16.2. The first-order chi connectivity index (χ1) is 15.5. The van der Waals surface area contributed by atoms with Gasteiger partial charge in [0.15, 0.2) is 0 Å². The van der Waals surface area contributed by atoms with E-state index < -0.39 is 0 Å². The van der Waals surface area contributed by atoms with E-state index in [1.807, 2.05) is 13.0 Å². The first kappa shape index (κ1) is 24.2. The summed E-state index contributed by atoms with van der Waals surface area (Å²) in [5.74, 6) is 0.557. The van der Waals surface area contributed by atoms with Crippen LogP contribution in [0.4, 0.5) is 16.2 Å². The van der Waals surface area contributed by atoms with E-state index in [0.29, 0.717) is 5.92 Å². The Morgan fingerprint density at radius 1 is 1.12 bits per heavy atom. The molecule has 1 aliphatic carbocycles. The summed E-state index contributed by atoms with van der Waals surface area (Å²) in [5.41, 5.74) is 6.96. The molecule has 0 fully saturated rings. The summed E-state index contributed by atoms with van der Waals surface area (Å²) >= 11 is 0. The summed E-state index contributed by atoms with van der Waals surface area (Å²) in [5, 5.41) is 2.98. The Labute approximate surface area is 194 Å². The van der Waals surface area contributed by atoms with Gasteiger partial charge in [0.1, 0.15) is 6.10 Å². The minimum atomic E-state index is -0.372. The van der Waals surface area contributed by atoms with Crippen molar-refractivity contribution in [1.29, 1.82) is 0 Å². The third-order valence-electron chi connectivity index (χ3n) is 6.66. The fourth-order valence-corrected chi connectivity index (χ4v) is 4.62. The average Bonchev–Trinajstić information content (AvgIpc) is 2.79. The standard InChI is InChI=1S/C28H40N2O2/c1-6-16-30(17-7-2)24-13-15-26(21(5)18-24)29-28(31)32-27-11-9-10-23-19-22(20(4)8-3)12-14-25(23)27/h12-15,18-20,27H,6-11,16-17H2,1-5H3,(H,29,31). The third kappa shape index (κ3) is 5.85.